The number of carbonyl (C=O) groups excluding carboxylic acids is 1. The SMILES string of the molecule is Cc1cc(NCc2ccc(C(N)=O)cc2)ncn1. The molecule has 0 saturated heterocycles. The summed E-state index contributed by atoms with van der Waals surface area (Å²) < 4.78 is 0. The van der Waals surface area contributed by atoms with Crippen LogP contribution in [0.15, 0.2) is 36.7 Å². The first kappa shape index (κ1) is 12.0. The topological polar surface area (TPSA) is 80.9 Å². The number of nitrogens with two attached hydrogens (primary N) is 1. The molecule has 1 aromatic carbocycles. The molecule has 0 aliphatic heterocycles. The van der Waals surface area contributed by atoms with E-state index in [0.29, 0.717) is 12.1 Å². The number of aryl methyl sites for hydroxylation is 1. The van der Waals surface area contributed by atoms with Crippen LogP contribution in [0.4, 0.5) is 5.82 Å². The second-order valence-electron chi connectivity index (χ2n) is 3.96. The predicted molar refractivity (Wildman–Crippen MR) is 69.1 cm³/mol. The van der Waals surface area contributed by atoms with Gasteiger partial charge in [-0.1, -0.05) is 12.1 Å². The van der Waals surface area contributed by atoms with Crippen LogP contribution in [0.5, 0.6) is 0 Å². The van der Waals surface area contributed by atoms with E-state index in [-0.39, 0.29) is 0 Å². The summed E-state index contributed by atoms with van der Waals surface area (Å²) in [7, 11) is 0. The summed E-state index contributed by atoms with van der Waals surface area (Å²) in [6.07, 6.45) is 1.52. The van der Waals surface area contributed by atoms with E-state index in [1.54, 1.807) is 12.1 Å². The van der Waals surface area contributed by atoms with Crippen molar-refractivity contribution in [1.29, 1.82) is 0 Å². The van der Waals surface area contributed by atoms with Crippen molar-refractivity contribution in [2.45, 2.75) is 13.5 Å². The first-order valence-corrected chi connectivity index (χ1v) is 5.56. The number of benzene rings is 1. The molecule has 1 amide bonds. The van der Waals surface area contributed by atoms with Gasteiger partial charge in [0.1, 0.15) is 12.1 Å². The Bertz CT molecular complexity index is 551. The lowest BCUT2D eigenvalue weighted by Crippen LogP contribution is -2.10. The molecule has 5 nitrogen and oxygen atoms in total. The van der Waals surface area contributed by atoms with Gasteiger partial charge < -0.3 is 11.1 Å². The summed E-state index contributed by atoms with van der Waals surface area (Å²) in [4.78, 5) is 19.0. The third kappa shape index (κ3) is 3.04. The summed E-state index contributed by atoms with van der Waals surface area (Å²) in [6.45, 7) is 2.55. The van der Waals surface area contributed by atoms with E-state index < -0.39 is 5.91 Å². The third-order valence-electron chi connectivity index (χ3n) is 2.52. The van der Waals surface area contributed by atoms with Crippen LogP contribution in [-0.2, 0) is 6.54 Å². The van der Waals surface area contributed by atoms with E-state index in [1.807, 2.05) is 25.1 Å². The van der Waals surface area contributed by atoms with Crippen molar-refractivity contribution in [3.63, 3.8) is 0 Å². The van der Waals surface area contributed by atoms with E-state index in [9.17, 15) is 4.79 Å². The lowest BCUT2D eigenvalue weighted by Gasteiger charge is -2.06. The molecule has 3 N–H and O–H groups in total. The maximum atomic E-state index is 10.9. The Hall–Kier alpha value is -2.43. The Kier molecular flexibility index (Phi) is 3.52. The third-order valence-corrected chi connectivity index (χ3v) is 2.52. The minimum absolute atomic E-state index is 0.416. The quantitative estimate of drug-likeness (QED) is 0.851. The van der Waals surface area contributed by atoms with Crippen molar-refractivity contribution in [3.8, 4) is 0 Å². The second kappa shape index (κ2) is 5.27. The highest BCUT2D eigenvalue weighted by Gasteiger charge is 2.00. The molecule has 0 unspecified atom stereocenters. The summed E-state index contributed by atoms with van der Waals surface area (Å²) in [5.41, 5.74) is 7.65. The normalized spacial score (nSPS) is 10.1. The largest absolute Gasteiger partial charge is 0.366 e. The highest BCUT2D eigenvalue weighted by atomic mass is 16.1. The summed E-state index contributed by atoms with van der Waals surface area (Å²) >= 11 is 0. The molecule has 92 valence electrons. The molecule has 0 saturated carbocycles. The van der Waals surface area contributed by atoms with Gasteiger partial charge in [0.05, 0.1) is 0 Å². The molecule has 1 aromatic heterocycles. The van der Waals surface area contributed by atoms with Gasteiger partial charge in [-0.05, 0) is 24.6 Å². The van der Waals surface area contributed by atoms with E-state index in [1.165, 1.54) is 6.33 Å². The molecule has 0 aliphatic carbocycles. The van der Waals surface area contributed by atoms with Crippen LogP contribution >= 0.6 is 0 Å². The molecule has 5 heteroatoms. The number of hydrogen-bond acceptors (Lipinski definition) is 4. The standard InChI is InChI=1S/C13H14N4O/c1-9-6-12(17-8-16-9)15-7-10-2-4-11(5-3-10)13(14)18/h2-6,8H,7H2,1H3,(H2,14,18)(H,15,16,17). The minimum atomic E-state index is -0.416. The molecule has 0 fully saturated rings. The van der Waals surface area contributed by atoms with Gasteiger partial charge >= 0.3 is 0 Å². The molecule has 2 rings (SSSR count). The van der Waals surface area contributed by atoms with Crippen LogP contribution in [-0.4, -0.2) is 15.9 Å². The molecule has 1 heterocycles. The number of anilines is 1. The zero-order valence-corrected chi connectivity index (χ0v) is 10.1. The van der Waals surface area contributed by atoms with E-state index in [2.05, 4.69) is 15.3 Å². The summed E-state index contributed by atoms with van der Waals surface area (Å²) in [5.74, 6) is 0.363. The molecular formula is C13H14N4O. The number of rotatable bonds is 4. The molecule has 0 aliphatic rings. The Morgan fingerprint density at radius 1 is 1.28 bits per heavy atom. The van der Waals surface area contributed by atoms with Gasteiger partial charge in [-0.25, -0.2) is 9.97 Å². The highest BCUT2D eigenvalue weighted by molar-refractivity contribution is 5.92. The number of nitrogens with one attached hydrogen (secondary N) is 1. The van der Waals surface area contributed by atoms with Crippen LogP contribution in [0.1, 0.15) is 21.6 Å². The molecule has 0 atom stereocenters. The van der Waals surface area contributed by atoms with E-state index >= 15 is 0 Å². The maximum Gasteiger partial charge on any atom is 0.248 e. The summed E-state index contributed by atoms with van der Waals surface area (Å²) in [5, 5.41) is 3.18. The van der Waals surface area contributed by atoms with Crippen molar-refractivity contribution in [2.75, 3.05) is 5.32 Å². The number of hydrogen-bond donors (Lipinski definition) is 2. The van der Waals surface area contributed by atoms with Crippen LogP contribution in [0.25, 0.3) is 0 Å². The number of amides is 1. The van der Waals surface area contributed by atoms with Gasteiger partial charge in [-0.15, -0.1) is 0 Å². The maximum absolute atomic E-state index is 10.9. The first-order chi connectivity index (χ1) is 8.65. The monoisotopic (exact) mass is 242 g/mol. The molecule has 18 heavy (non-hydrogen) atoms. The first-order valence-electron chi connectivity index (χ1n) is 5.56. The fourth-order valence-electron chi connectivity index (χ4n) is 1.53. The minimum Gasteiger partial charge on any atom is -0.366 e. The smallest absolute Gasteiger partial charge is 0.248 e. The number of aromatic nitrogens is 2. The Morgan fingerprint density at radius 3 is 2.61 bits per heavy atom. The van der Waals surface area contributed by atoms with E-state index in [0.717, 1.165) is 17.1 Å². The fourth-order valence-corrected chi connectivity index (χ4v) is 1.53. The van der Waals surface area contributed by atoms with Gasteiger partial charge in [0.15, 0.2) is 0 Å². The van der Waals surface area contributed by atoms with Gasteiger partial charge in [0, 0.05) is 23.9 Å². The van der Waals surface area contributed by atoms with Crippen molar-refractivity contribution in [3.05, 3.63) is 53.5 Å². The predicted octanol–water partition coefficient (Wildman–Crippen LogP) is 1.50. The van der Waals surface area contributed by atoms with Crippen LogP contribution < -0.4 is 11.1 Å². The zero-order chi connectivity index (χ0) is 13.0. The van der Waals surface area contributed by atoms with Gasteiger partial charge in [-0.2, -0.15) is 0 Å². The lowest BCUT2D eigenvalue weighted by atomic mass is 10.1. The molecule has 0 spiro atoms. The molecular weight excluding hydrogens is 228 g/mol. The average Bonchev–Trinajstić information content (AvgIpc) is 2.37. The lowest BCUT2D eigenvalue weighted by molar-refractivity contribution is 0.100. The molecule has 0 radical (unpaired) electrons. The number of carbonyl (C=O) groups is 1. The summed E-state index contributed by atoms with van der Waals surface area (Å²) in [6, 6.07) is 9.02. The van der Waals surface area contributed by atoms with Crippen LogP contribution in [0.3, 0.4) is 0 Å². The molecule has 0 bridgehead atoms. The van der Waals surface area contributed by atoms with Gasteiger partial charge in [0.25, 0.3) is 0 Å². The van der Waals surface area contributed by atoms with Crippen molar-refractivity contribution in [1.82, 2.24) is 9.97 Å². The Labute approximate surface area is 105 Å². The average molecular weight is 242 g/mol. The fraction of sp³-hybridized carbons (Fsp3) is 0.154. The number of primary amides is 1. The van der Waals surface area contributed by atoms with Gasteiger partial charge in [-0.3, -0.25) is 4.79 Å². The van der Waals surface area contributed by atoms with Crippen LogP contribution in [0, 0.1) is 6.92 Å². The zero-order valence-electron chi connectivity index (χ0n) is 10.1. The van der Waals surface area contributed by atoms with Crippen molar-refractivity contribution in [2.24, 2.45) is 5.73 Å². The Morgan fingerprint density at radius 2 is 2.00 bits per heavy atom. The van der Waals surface area contributed by atoms with E-state index in [4.69, 9.17) is 5.73 Å². The van der Waals surface area contributed by atoms with Crippen LogP contribution in [0.2, 0.25) is 0 Å². The van der Waals surface area contributed by atoms with Gasteiger partial charge in [0.2, 0.25) is 5.91 Å². The van der Waals surface area contributed by atoms with Crippen molar-refractivity contribution < 1.29 is 4.79 Å². The number of nitrogens with zero attached hydrogens (tertiary/aromatic N) is 2. The second-order valence-corrected chi connectivity index (χ2v) is 3.96. The highest BCUT2D eigenvalue weighted by Crippen LogP contribution is 2.08. The van der Waals surface area contributed by atoms with Crippen molar-refractivity contribution >= 4 is 11.7 Å². The molecule has 2 aromatic rings. The Balaban J connectivity index is 2.00.